The van der Waals surface area contributed by atoms with Gasteiger partial charge in [0.15, 0.2) is 19.0 Å². The van der Waals surface area contributed by atoms with E-state index in [2.05, 4.69) is 19.4 Å². The van der Waals surface area contributed by atoms with Gasteiger partial charge < -0.3 is 9.47 Å². The predicted octanol–water partition coefficient (Wildman–Crippen LogP) is 10.1. The number of hydrogen-bond donors (Lipinski definition) is 0. The highest BCUT2D eigenvalue weighted by Gasteiger charge is 2.83. The Labute approximate surface area is 265 Å². The van der Waals surface area contributed by atoms with Gasteiger partial charge >= 0.3 is 47.9 Å². The summed E-state index contributed by atoms with van der Waals surface area (Å²) < 4.78 is 249. The van der Waals surface area contributed by atoms with E-state index < -0.39 is 78.7 Å². The van der Waals surface area contributed by atoms with Gasteiger partial charge in [-0.1, -0.05) is 48.5 Å². The highest BCUT2D eigenvalue weighted by molar-refractivity contribution is 6.13. The van der Waals surface area contributed by atoms with Crippen LogP contribution in [-0.2, 0) is 0 Å². The summed E-state index contributed by atoms with van der Waals surface area (Å²) in [6.07, 6.45) is -14.4. The van der Waals surface area contributed by atoms with Crippen LogP contribution in [0.1, 0.15) is 0 Å². The molecule has 0 aliphatic rings. The monoisotopic (exact) mass is 752 g/mol. The third-order valence-electron chi connectivity index (χ3n) is 6.91. The molecule has 1 aromatic heterocycles. The van der Waals surface area contributed by atoms with E-state index in [1.807, 2.05) is 0 Å². The van der Waals surface area contributed by atoms with Gasteiger partial charge in [-0.25, -0.2) is 0 Å². The largest absolute Gasteiger partial charge is 0.471 e. The van der Waals surface area contributed by atoms with Crippen molar-refractivity contribution in [3.63, 3.8) is 0 Å². The summed E-state index contributed by atoms with van der Waals surface area (Å²) in [5, 5.41) is 1.34. The maximum Gasteiger partial charge on any atom is 0.460 e. The molecule has 274 valence electrons. The van der Waals surface area contributed by atoms with Crippen LogP contribution in [0.5, 0.6) is 11.8 Å². The van der Waals surface area contributed by atoms with Gasteiger partial charge in [-0.2, -0.15) is 89.0 Å². The average molecular weight is 752 g/mol. The Morgan fingerprint density at radius 3 is 1.24 bits per heavy atom. The van der Waals surface area contributed by atoms with Crippen molar-refractivity contribution in [2.45, 2.75) is 47.9 Å². The molecule has 4 rings (SSSR count). The van der Waals surface area contributed by atoms with E-state index in [-0.39, 0.29) is 17.0 Å². The van der Waals surface area contributed by atoms with Crippen LogP contribution in [0.25, 0.3) is 32.9 Å². The van der Waals surface area contributed by atoms with Gasteiger partial charge in [0, 0.05) is 5.56 Å². The second kappa shape index (κ2) is 12.1. The smallest absolute Gasteiger partial charge is 0.460 e. The summed E-state index contributed by atoms with van der Waals surface area (Å²) in [4.78, 5) is 7.03. The van der Waals surface area contributed by atoms with Gasteiger partial charge in [-0.3, -0.25) is 0 Å². The average Bonchev–Trinajstić information content (AvgIpc) is 3.01. The molecule has 0 bridgehead atoms. The minimum Gasteiger partial charge on any atom is -0.471 e. The van der Waals surface area contributed by atoms with Crippen molar-refractivity contribution < 1.29 is 88.5 Å². The fourth-order valence-corrected chi connectivity index (χ4v) is 4.24. The molecule has 0 atom stereocenters. The Morgan fingerprint density at radius 2 is 0.820 bits per heavy atom. The predicted molar refractivity (Wildman–Crippen MR) is 135 cm³/mol. The zero-order valence-corrected chi connectivity index (χ0v) is 23.7. The van der Waals surface area contributed by atoms with Crippen molar-refractivity contribution in [1.82, 2.24) is 9.97 Å². The van der Waals surface area contributed by atoms with E-state index in [0.29, 0.717) is 16.2 Å². The third-order valence-corrected chi connectivity index (χ3v) is 6.91. The van der Waals surface area contributed by atoms with Crippen LogP contribution in [0.4, 0.5) is 79.0 Å². The fourth-order valence-electron chi connectivity index (χ4n) is 4.24. The van der Waals surface area contributed by atoms with Gasteiger partial charge in [-0.05, 0) is 27.6 Å². The van der Waals surface area contributed by atoms with E-state index in [9.17, 15) is 79.0 Å². The number of fused-ring (bicyclic) bond motifs is 3. The van der Waals surface area contributed by atoms with Crippen molar-refractivity contribution in [2.24, 2.45) is 0 Å². The van der Waals surface area contributed by atoms with E-state index in [1.54, 1.807) is 12.1 Å². The van der Waals surface area contributed by atoms with E-state index >= 15 is 0 Å². The van der Waals surface area contributed by atoms with E-state index in [4.69, 9.17) is 0 Å². The Hall–Kier alpha value is -4.40. The van der Waals surface area contributed by atoms with Gasteiger partial charge in [-0.15, -0.1) is 0 Å². The quantitative estimate of drug-likeness (QED) is 0.113. The molecule has 22 heteroatoms. The number of benzene rings is 3. The molecular weight excluding hydrogens is 738 g/mol. The summed E-state index contributed by atoms with van der Waals surface area (Å²) in [5.74, 6) is -45.9. The standard InChI is InChI=1S/C28H14F18N2O2/c29-21(30,23(33,34)25(37,38)27(41,42)43)11-49-18-10-19(50-12-22(31,32)24(35,36)26(39,40)28(44,45)46)48-20(47-18)17-9-13-5-1-2-6-14(13)15-7-3-4-8-16(15)17/h1-10H,11-12H2. The van der Waals surface area contributed by atoms with Gasteiger partial charge in [0.25, 0.3) is 0 Å². The van der Waals surface area contributed by atoms with Gasteiger partial charge in [0.1, 0.15) is 0 Å². The first-order valence-electron chi connectivity index (χ1n) is 13.0. The normalized spacial score (nSPS) is 14.4. The van der Waals surface area contributed by atoms with Crippen LogP contribution in [0, 0.1) is 0 Å². The zero-order valence-electron chi connectivity index (χ0n) is 23.7. The lowest BCUT2D eigenvalue weighted by atomic mass is 9.97. The Balaban J connectivity index is 1.82. The van der Waals surface area contributed by atoms with Crippen molar-refractivity contribution in [3.8, 4) is 23.1 Å². The number of rotatable bonds is 11. The number of hydrogen-bond acceptors (Lipinski definition) is 4. The molecule has 0 aliphatic heterocycles. The lowest BCUT2D eigenvalue weighted by Gasteiger charge is -2.33. The molecule has 0 N–H and O–H groups in total. The van der Waals surface area contributed by atoms with E-state index in [1.165, 1.54) is 42.5 Å². The maximum atomic E-state index is 14.2. The molecule has 0 spiro atoms. The minimum atomic E-state index is -7.35. The fraction of sp³-hybridized carbons (Fsp3) is 0.357. The molecular formula is C28H14F18N2O2. The van der Waals surface area contributed by atoms with Gasteiger partial charge in [0.05, 0.1) is 6.07 Å². The van der Waals surface area contributed by atoms with Gasteiger partial charge in [0.2, 0.25) is 11.8 Å². The lowest BCUT2D eigenvalue weighted by molar-refractivity contribution is -0.398. The highest BCUT2D eigenvalue weighted by atomic mass is 19.4. The summed E-state index contributed by atoms with van der Waals surface area (Å²) in [7, 11) is 0. The second-order valence-electron chi connectivity index (χ2n) is 10.3. The first-order valence-corrected chi connectivity index (χ1v) is 13.0. The molecule has 1 heterocycles. The molecule has 0 fully saturated rings. The molecule has 0 saturated carbocycles. The molecule has 0 radical (unpaired) electrons. The first kappa shape index (κ1) is 38.4. The zero-order chi connectivity index (χ0) is 37.9. The maximum absolute atomic E-state index is 14.2. The Bertz CT molecular complexity index is 1800. The van der Waals surface area contributed by atoms with Crippen LogP contribution in [0.15, 0.2) is 60.7 Å². The van der Waals surface area contributed by atoms with Crippen LogP contribution in [-0.4, -0.2) is 71.1 Å². The van der Waals surface area contributed by atoms with Crippen LogP contribution in [0.2, 0.25) is 0 Å². The molecule has 0 saturated heterocycles. The summed E-state index contributed by atoms with van der Waals surface area (Å²) in [5.41, 5.74) is -0.240. The second-order valence-corrected chi connectivity index (χ2v) is 10.3. The number of ether oxygens (including phenoxy) is 2. The number of halogens is 18. The highest BCUT2D eigenvalue weighted by Crippen LogP contribution is 2.54. The minimum absolute atomic E-state index is 0.0843. The topological polar surface area (TPSA) is 44.2 Å². The molecule has 0 unspecified atom stereocenters. The number of aromatic nitrogens is 2. The number of nitrogens with zero attached hydrogens (tertiary/aromatic N) is 2. The van der Waals surface area contributed by atoms with Crippen molar-refractivity contribution in [2.75, 3.05) is 13.2 Å². The van der Waals surface area contributed by atoms with Crippen molar-refractivity contribution in [1.29, 1.82) is 0 Å². The van der Waals surface area contributed by atoms with Crippen LogP contribution >= 0.6 is 0 Å². The molecule has 4 nitrogen and oxygen atoms in total. The summed E-state index contributed by atoms with van der Waals surface area (Å²) >= 11 is 0. The van der Waals surface area contributed by atoms with Crippen molar-refractivity contribution in [3.05, 3.63) is 60.7 Å². The third kappa shape index (κ3) is 6.35. The molecule has 0 aliphatic carbocycles. The SMILES string of the molecule is FC(F)(F)C(F)(F)C(F)(F)C(F)(F)COc1cc(OCC(F)(F)C(F)(F)C(F)(F)C(F)(F)F)nc(-c2cc3ccccc3c3ccccc23)n1. The lowest BCUT2D eigenvalue weighted by Crippen LogP contribution is -2.62. The Morgan fingerprint density at radius 1 is 0.440 bits per heavy atom. The Kier molecular flexibility index (Phi) is 9.32. The summed E-state index contributed by atoms with van der Waals surface area (Å²) in [6.45, 7) is -6.10. The van der Waals surface area contributed by atoms with E-state index in [0.717, 1.165) is 0 Å². The molecule has 50 heavy (non-hydrogen) atoms. The molecule has 3 aromatic carbocycles. The van der Waals surface area contributed by atoms with Crippen LogP contribution < -0.4 is 9.47 Å². The molecule has 0 amide bonds. The van der Waals surface area contributed by atoms with Crippen LogP contribution in [0.3, 0.4) is 0 Å². The summed E-state index contributed by atoms with van der Waals surface area (Å²) in [6, 6.07) is 13.0. The first-order chi connectivity index (χ1) is 22.6. The molecule has 4 aromatic rings. The van der Waals surface area contributed by atoms with Crippen molar-refractivity contribution >= 4 is 21.5 Å². The number of alkyl halides is 18.